The third kappa shape index (κ3) is 5.16. The van der Waals surface area contributed by atoms with Gasteiger partial charge in [0.05, 0.1) is 0 Å². The van der Waals surface area contributed by atoms with Gasteiger partial charge in [0.1, 0.15) is 5.60 Å². The molecule has 2 amide bonds. The van der Waals surface area contributed by atoms with Gasteiger partial charge in [-0.25, -0.2) is 4.79 Å². The van der Waals surface area contributed by atoms with Gasteiger partial charge in [0.15, 0.2) is 0 Å². The number of benzene rings is 1. The Bertz CT molecular complexity index is 557. The molecule has 0 aliphatic heterocycles. The highest BCUT2D eigenvalue weighted by Gasteiger charge is 2.31. The van der Waals surface area contributed by atoms with Gasteiger partial charge in [-0.1, -0.05) is 0 Å². The summed E-state index contributed by atoms with van der Waals surface area (Å²) in [5.74, 6) is -0.0955. The van der Waals surface area contributed by atoms with E-state index in [1.165, 1.54) is 0 Å². The molecular formula is C17H25N3O3. The fourth-order valence-corrected chi connectivity index (χ4v) is 2.43. The van der Waals surface area contributed by atoms with Gasteiger partial charge < -0.3 is 20.7 Å². The van der Waals surface area contributed by atoms with Crippen molar-refractivity contribution < 1.29 is 14.3 Å². The van der Waals surface area contributed by atoms with E-state index in [0.29, 0.717) is 11.6 Å². The average molecular weight is 319 g/mol. The van der Waals surface area contributed by atoms with Crippen molar-refractivity contribution in [2.75, 3.05) is 12.4 Å². The van der Waals surface area contributed by atoms with Gasteiger partial charge in [0.25, 0.3) is 5.91 Å². The van der Waals surface area contributed by atoms with Gasteiger partial charge in [-0.05, 0) is 57.9 Å². The number of carbonyl (C=O) groups is 2. The first kappa shape index (κ1) is 17.1. The molecule has 0 heterocycles. The molecule has 1 aromatic rings. The first-order valence-electron chi connectivity index (χ1n) is 7.85. The lowest BCUT2D eigenvalue weighted by molar-refractivity contribution is 0.0475. The van der Waals surface area contributed by atoms with E-state index >= 15 is 0 Å². The first-order chi connectivity index (χ1) is 10.8. The molecule has 0 spiro atoms. The molecule has 0 radical (unpaired) electrons. The normalized spacial score (nSPS) is 20.2. The maximum absolute atomic E-state index is 11.7. The molecule has 0 bridgehead atoms. The number of alkyl carbamates (subject to hydrolysis) is 1. The minimum absolute atomic E-state index is 0.0955. The highest BCUT2D eigenvalue weighted by molar-refractivity contribution is 5.94. The Morgan fingerprint density at radius 2 is 1.70 bits per heavy atom. The summed E-state index contributed by atoms with van der Waals surface area (Å²) in [6.45, 7) is 5.54. The second-order valence-corrected chi connectivity index (χ2v) is 6.81. The van der Waals surface area contributed by atoms with E-state index in [2.05, 4.69) is 16.0 Å². The zero-order valence-corrected chi connectivity index (χ0v) is 14.1. The molecule has 3 N–H and O–H groups in total. The highest BCUT2D eigenvalue weighted by atomic mass is 16.6. The van der Waals surface area contributed by atoms with Crippen LogP contribution in [-0.2, 0) is 4.74 Å². The fraction of sp³-hybridized carbons (Fsp3) is 0.529. The quantitative estimate of drug-likeness (QED) is 0.797. The van der Waals surface area contributed by atoms with Crippen LogP contribution in [0.25, 0.3) is 0 Å². The molecule has 6 nitrogen and oxygen atoms in total. The predicted molar refractivity (Wildman–Crippen MR) is 89.6 cm³/mol. The molecule has 0 unspecified atom stereocenters. The summed E-state index contributed by atoms with van der Waals surface area (Å²) >= 11 is 0. The molecule has 1 fully saturated rings. The zero-order chi connectivity index (χ0) is 17.0. The van der Waals surface area contributed by atoms with Crippen LogP contribution in [0.2, 0.25) is 0 Å². The Morgan fingerprint density at radius 1 is 1.09 bits per heavy atom. The highest BCUT2D eigenvalue weighted by Crippen LogP contribution is 2.25. The summed E-state index contributed by atoms with van der Waals surface area (Å²) in [6.07, 6.45) is 1.35. The van der Waals surface area contributed by atoms with Crippen molar-refractivity contribution >= 4 is 17.7 Å². The van der Waals surface area contributed by atoms with E-state index in [0.717, 1.165) is 18.5 Å². The van der Waals surface area contributed by atoms with Crippen LogP contribution >= 0.6 is 0 Å². The predicted octanol–water partition coefficient (Wildman–Crippen LogP) is 2.51. The van der Waals surface area contributed by atoms with E-state index in [1.807, 2.05) is 32.9 Å². The number of anilines is 1. The van der Waals surface area contributed by atoms with E-state index in [1.54, 1.807) is 19.2 Å². The van der Waals surface area contributed by atoms with Crippen LogP contribution in [-0.4, -0.2) is 36.7 Å². The molecule has 1 aliphatic rings. The molecule has 1 saturated carbocycles. The minimum Gasteiger partial charge on any atom is -0.444 e. The summed E-state index contributed by atoms with van der Waals surface area (Å²) in [5, 5.41) is 8.85. The van der Waals surface area contributed by atoms with Crippen molar-refractivity contribution in [2.24, 2.45) is 0 Å². The second kappa shape index (κ2) is 6.89. The maximum atomic E-state index is 11.7. The Balaban J connectivity index is 1.74. The van der Waals surface area contributed by atoms with Gasteiger partial charge in [-0.3, -0.25) is 4.79 Å². The Kier molecular flexibility index (Phi) is 5.13. The van der Waals surface area contributed by atoms with Crippen molar-refractivity contribution in [2.45, 2.75) is 51.3 Å². The van der Waals surface area contributed by atoms with Crippen LogP contribution in [0, 0.1) is 0 Å². The third-order valence-electron chi connectivity index (χ3n) is 3.60. The third-order valence-corrected chi connectivity index (χ3v) is 3.60. The van der Waals surface area contributed by atoms with Gasteiger partial charge in [0, 0.05) is 30.4 Å². The minimum atomic E-state index is -0.474. The molecule has 1 aliphatic carbocycles. The smallest absolute Gasteiger partial charge is 0.407 e. The van der Waals surface area contributed by atoms with E-state index in [4.69, 9.17) is 4.74 Å². The Hall–Kier alpha value is -2.24. The number of nitrogens with one attached hydrogen (secondary N) is 3. The van der Waals surface area contributed by atoms with Gasteiger partial charge in [-0.2, -0.15) is 0 Å². The maximum Gasteiger partial charge on any atom is 0.407 e. The average Bonchev–Trinajstić information content (AvgIpc) is 2.43. The van der Waals surface area contributed by atoms with Crippen molar-refractivity contribution in [1.82, 2.24) is 10.6 Å². The molecule has 6 heteroatoms. The summed E-state index contributed by atoms with van der Waals surface area (Å²) in [6, 6.07) is 7.82. The lowest BCUT2D eigenvalue weighted by Gasteiger charge is -2.37. The van der Waals surface area contributed by atoms with Crippen LogP contribution in [0.4, 0.5) is 10.5 Å². The molecule has 0 saturated heterocycles. The Morgan fingerprint density at radius 3 is 2.22 bits per heavy atom. The van der Waals surface area contributed by atoms with Crippen molar-refractivity contribution in [1.29, 1.82) is 0 Å². The van der Waals surface area contributed by atoms with E-state index < -0.39 is 5.60 Å². The SMILES string of the molecule is CNC(=O)c1ccc(NC2CC(NC(=O)OC(C)(C)C)C2)cc1. The number of rotatable bonds is 4. The van der Waals surface area contributed by atoms with Crippen LogP contribution < -0.4 is 16.0 Å². The second-order valence-electron chi connectivity index (χ2n) is 6.81. The lowest BCUT2D eigenvalue weighted by Crippen LogP contribution is -2.50. The van der Waals surface area contributed by atoms with Crippen LogP contribution in [0.1, 0.15) is 44.0 Å². The summed E-state index contributed by atoms with van der Waals surface area (Å²) in [4.78, 5) is 23.1. The van der Waals surface area contributed by atoms with Crippen molar-refractivity contribution in [3.8, 4) is 0 Å². The van der Waals surface area contributed by atoms with Crippen LogP contribution in [0.3, 0.4) is 0 Å². The van der Waals surface area contributed by atoms with Crippen LogP contribution in [0.5, 0.6) is 0 Å². The first-order valence-corrected chi connectivity index (χ1v) is 7.85. The van der Waals surface area contributed by atoms with Gasteiger partial charge in [-0.15, -0.1) is 0 Å². The van der Waals surface area contributed by atoms with Gasteiger partial charge >= 0.3 is 6.09 Å². The number of ether oxygens (including phenoxy) is 1. The molecular weight excluding hydrogens is 294 g/mol. The summed E-state index contributed by atoms with van der Waals surface area (Å²) in [7, 11) is 1.61. The van der Waals surface area contributed by atoms with Crippen LogP contribution in [0.15, 0.2) is 24.3 Å². The molecule has 0 aromatic heterocycles. The number of hydrogen-bond donors (Lipinski definition) is 3. The summed E-state index contributed by atoms with van der Waals surface area (Å²) < 4.78 is 5.24. The Labute approximate surface area is 137 Å². The monoisotopic (exact) mass is 319 g/mol. The zero-order valence-electron chi connectivity index (χ0n) is 14.1. The van der Waals surface area contributed by atoms with E-state index in [9.17, 15) is 9.59 Å². The standard InChI is InChI=1S/C17H25N3O3/c1-17(2,3)23-16(22)20-14-9-13(10-14)19-12-7-5-11(6-8-12)15(21)18-4/h5-8,13-14,19H,9-10H2,1-4H3,(H,18,21)(H,20,22). The molecule has 1 aromatic carbocycles. The molecule has 126 valence electrons. The number of carbonyl (C=O) groups excluding carboxylic acids is 2. The van der Waals surface area contributed by atoms with Crippen molar-refractivity contribution in [3.63, 3.8) is 0 Å². The van der Waals surface area contributed by atoms with Gasteiger partial charge in [0.2, 0.25) is 0 Å². The molecule has 23 heavy (non-hydrogen) atoms. The van der Waals surface area contributed by atoms with Crippen molar-refractivity contribution in [3.05, 3.63) is 29.8 Å². The molecule has 0 atom stereocenters. The topological polar surface area (TPSA) is 79.5 Å². The largest absolute Gasteiger partial charge is 0.444 e. The number of hydrogen-bond acceptors (Lipinski definition) is 4. The summed E-state index contributed by atoms with van der Waals surface area (Å²) in [5.41, 5.74) is 1.13. The number of amides is 2. The van der Waals surface area contributed by atoms with E-state index in [-0.39, 0.29) is 18.0 Å². The molecule has 2 rings (SSSR count). The fourth-order valence-electron chi connectivity index (χ4n) is 2.43. The lowest BCUT2D eigenvalue weighted by atomic mass is 9.86.